The topological polar surface area (TPSA) is 99.4 Å². The van der Waals surface area contributed by atoms with Crippen molar-refractivity contribution >= 4 is 11.6 Å². The third kappa shape index (κ3) is 7.35. The SMILES string of the molecule is C=C/C(=C\C=C(/C)C(=O)/C(Nc1cncc(OCC(C)C)n1)=C(/C)N)OC. The van der Waals surface area contributed by atoms with Gasteiger partial charge in [-0.25, -0.2) is 0 Å². The van der Waals surface area contributed by atoms with E-state index in [0.29, 0.717) is 41.3 Å². The lowest BCUT2D eigenvalue weighted by Gasteiger charge is -2.13. The van der Waals surface area contributed by atoms with Gasteiger partial charge in [-0.3, -0.25) is 9.78 Å². The zero-order valence-corrected chi connectivity index (χ0v) is 16.6. The van der Waals surface area contributed by atoms with Crippen LogP contribution in [0, 0.1) is 5.92 Å². The number of carbonyl (C=O) groups is 1. The number of anilines is 1. The minimum absolute atomic E-state index is 0.227. The Bertz CT molecular complexity index is 760. The Hall–Kier alpha value is -3.09. The molecule has 0 spiro atoms. The molecular formula is C20H28N4O3. The highest BCUT2D eigenvalue weighted by molar-refractivity contribution is 6.10. The first-order valence-corrected chi connectivity index (χ1v) is 8.56. The van der Waals surface area contributed by atoms with Crippen LogP contribution in [0.3, 0.4) is 0 Å². The molecule has 7 nitrogen and oxygen atoms in total. The van der Waals surface area contributed by atoms with Crippen molar-refractivity contribution in [3.05, 3.63) is 59.9 Å². The van der Waals surface area contributed by atoms with Crippen molar-refractivity contribution in [2.24, 2.45) is 11.7 Å². The number of allylic oxidation sites excluding steroid dienone is 5. The van der Waals surface area contributed by atoms with Gasteiger partial charge in [-0.1, -0.05) is 26.5 Å². The second-order valence-corrected chi connectivity index (χ2v) is 6.29. The maximum atomic E-state index is 12.7. The minimum Gasteiger partial charge on any atom is -0.497 e. The maximum Gasteiger partial charge on any atom is 0.234 e. The van der Waals surface area contributed by atoms with Crippen molar-refractivity contribution < 1.29 is 14.3 Å². The fourth-order valence-electron chi connectivity index (χ4n) is 1.89. The summed E-state index contributed by atoms with van der Waals surface area (Å²) in [6, 6.07) is 0. The quantitative estimate of drug-likeness (QED) is 0.369. The van der Waals surface area contributed by atoms with Gasteiger partial charge in [-0.15, -0.1) is 0 Å². The van der Waals surface area contributed by atoms with Crippen LogP contribution in [-0.4, -0.2) is 29.5 Å². The number of nitrogens with two attached hydrogens (primary N) is 1. The van der Waals surface area contributed by atoms with Crippen LogP contribution in [0.25, 0.3) is 0 Å². The molecule has 0 aliphatic carbocycles. The maximum absolute atomic E-state index is 12.7. The highest BCUT2D eigenvalue weighted by Crippen LogP contribution is 2.16. The molecule has 0 aromatic carbocycles. The lowest BCUT2D eigenvalue weighted by molar-refractivity contribution is -0.112. The number of hydrogen-bond acceptors (Lipinski definition) is 7. The van der Waals surface area contributed by atoms with Gasteiger partial charge >= 0.3 is 0 Å². The number of ketones is 1. The van der Waals surface area contributed by atoms with Gasteiger partial charge in [-0.05, 0) is 37.5 Å². The average Bonchev–Trinajstić information content (AvgIpc) is 2.64. The van der Waals surface area contributed by atoms with Crippen LogP contribution >= 0.6 is 0 Å². The van der Waals surface area contributed by atoms with Crippen molar-refractivity contribution in [2.75, 3.05) is 19.0 Å². The molecule has 3 N–H and O–H groups in total. The highest BCUT2D eigenvalue weighted by atomic mass is 16.5. The average molecular weight is 372 g/mol. The van der Waals surface area contributed by atoms with Crippen molar-refractivity contribution in [1.82, 2.24) is 9.97 Å². The number of hydrogen-bond donors (Lipinski definition) is 2. The van der Waals surface area contributed by atoms with Crippen molar-refractivity contribution in [3.8, 4) is 5.88 Å². The monoisotopic (exact) mass is 372 g/mol. The molecule has 0 atom stereocenters. The van der Waals surface area contributed by atoms with E-state index in [-0.39, 0.29) is 11.5 Å². The van der Waals surface area contributed by atoms with Gasteiger partial charge in [0.25, 0.3) is 0 Å². The normalized spacial score (nSPS) is 13.1. The molecule has 0 unspecified atom stereocenters. The van der Waals surface area contributed by atoms with Gasteiger partial charge in [0.15, 0.2) is 5.82 Å². The van der Waals surface area contributed by atoms with Crippen molar-refractivity contribution in [1.29, 1.82) is 0 Å². The predicted octanol–water partition coefficient (Wildman–Crippen LogP) is 3.35. The van der Waals surface area contributed by atoms with E-state index in [4.69, 9.17) is 15.2 Å². The van der Waals surface area contributed by atoms with Gasteiger partial charge in [0.2, 0.25) is 11.7 Å². The fraction of sp³-hybridized carbons (Fsp3) is 0.350. The van der Waals surface area contributed by atoms with E-state index in [2.05, 4.69) is 21.9 Å². The summed E-state index contributed by atoms with van der Waals surface area (Å²) in [7, 11) is 1.53. The lowest BCUT2D eigenvalue weighted by atomic mass is 10.1. The van der Waals surface area contributed by atoms with E-state index in [0.717, 1.165) is 0 Å². The van der Waals surface area contributed by atoms with E-state index in [1.807, 2.05) is 13.8 Å². The molecular weight excluding hydrogens is 344 g/mol. The molecule has 0 fully saturated rings. The Kier molecular flexibility index (Phi) is 8.78. The molecule has 146 valence electrons. The van der Waals surface area contributed by atoms with Gasteiger partial charge in [0.1, 0.15) is 11.5 Å². The van der Waals surface area contributed by atoms with E-state index in [1.165, 1.54) is 19.5 Å². The largest absolute Gasteiger partial charge is 0.497 e. The Morgan fingerprint density at radius 1 is 1.33 bits per heavy atom. The van der Waals surface area contributed by atoms with Crippen LogP contribution in [0.1, 0.15) is 27.7 Å². The van der Waals surface area contributed by atoms with Crippen LogP contribution < -0.4 is 15.8 Å². The molecule has 1 rings (SSSR count). The molecule has 1 aromatic heterocycles. The molecule has 27 heavy (non-hydrogen) atoms. The molecule has 7 heteroatoms. The Morgan fingerprint density at radius 3 is 2.59 bits per heavy atom. The summed E-state index contributed by atoms with van der Waals surface area (Å²) in [5, 5.41) is 2.94. The standard InChI is InChI=1S/C20H28N4O3/c1-7-16(26-6)9-8-14(4)20(25)19(15(5)21)24-17-10-22-11-18(23-17)27-12-13(2)3/h7-11,13H,1,12,21H2,2-6H3,(H,23,24)/b14-8+,16-9+,19-15+. The van der Waals surface area contributed by atoms with Crippen LogP contribution in [0.4, 0.5) is 5.82 Å². The molecule has 0 aliphatic rings. The summed E-state index contributed by atoms with van der Waals surface area (Å²) in [5.74, 6) is 1.39. The summed E-state index contributed by atoms with van der Waals surface area (Å²) in [6.07, 6.45) is 7.87. The molecule has 0 radical (unpaired) electrons. The van der Waals surface area contributed by atoms with Gasteiger partial charge in [-0.2, -0.15) is 4.98 Å². The smallest absolute Gasteiger partial charge is 0.234 e. The zero-order chi connectivity index (χ0) is 20.4. The summed E-state index contributed by atoms with van der Waals surface area (Å²) >= 11 is 0. The summed E-state index contributed by atoms with van der Waals surface area (Å²) in [6.45, 7) is 11.6. The summed E-state index contributed by atoms with van der Waals surface area (Å²) in [4.78, 5) is 21.1. The molecule has 0 saturated carbocycles. The summed E-state index contributed by atoms with van der Waals surface area (Å²) < 4.78 is 10.6. The third-order valence-corrected chi connectivity index (χ3v) is 3.34. The predicted molar refractivity (Wildman–Crippen MR) is 107 cm³/mol. The molecule has 0 aliphatic heterocycles. The lowest BCUT2D eigenvalue weighted by Crippen LogP contribution is -2.18. The molecule has 1 heterocycles. The third-order valence-electron chi connectivity index (χ3n) is 3.34. The van der Waals surface area contributed by atoms with Crippen LogP contribution in [0.5, 0.6) is 5.88 Å². The number of ether oxygens (including phenoxy) is 2. The first-order chi connectivity index (χ1) is 12.8. The van der Waals surface area contributed by atoms with E-state index in [1.54, 1.807) is 32.1 Å². The molecule has 0 saturated heterocycles. The number of nitrogens with zero attached hydrogens (tertiary/aromatic N) is 2. The number of rotatable bonds is 10. The Labute approximate surface area is 160 Å². The van der Waals surface area contributed by atoms with E-state index >= 15 is 0 Å². The van der Waals surface area contributed by atoms with E-state index < -0.39 is 0 Å². The van der Waals surface area contributed by atoms with Crippen LogP contribution in [0.15, 0.2) is 59.9 Å². The zero-order valence-electron chi connectivity index (χ0n) is 16.6. The number of methoxy groups -OCH3 is 1. The van der Waals surface area contributed by atoms with Crippen molar-refractivity contribution in [2.45, 2.75) is 27.7 Å². The Morgan fingerprint density at radius 2 is 2.04 bits per heavy atom. The first-order valence-electron chi connectivity index (χ1n) is 8.56. The summed E-state index contributed by atoms with van der Waals surface area (Å²) in [5.41, 5.74) is 6.94. The molecule has 1 aromatic rings. The van der Waals surface area contributed by atoms with Crippen LogP contribution in [0.2, 0.25) is 0 Å². The van der Waals surface area contributed by atoms with Gasteiger partial charge in [0.05, 0.1) is 26.1 Å². The Balaban J connectivity index is 3.01. The number of nitrogens with one attached hydrogen (secondary N) is 1. The minimum atomic E-state index is -0.263. The van der Waals surface area contributed by atoms with Gasteiger partial charge in [0, 0.05) is 5.70 Å². The van der Waals surface area contributed by atoms with Gasteiger partial charge < -0.3 is 20.5 Å². The molecule has 0 amide bonds. The van der Waals surface area contributed by atoms with Crippen molar-refractivity contribution in [3.63, 3.8) is 0 Å². The fourth-order valence-corrected chi connectivity index (χ4v) is 1.89. The molecule has 0 bridgehead atoms. The van der Waals surface area contributed by atoms with Crippen LogP contribution in [-0.2, 0) is 9.53 Å². The highest BCUT2D eigenvalue weighted by Gasteiger charge is 2.15. The first kappa shape index (κ1) is 22.0. The number of Topliss-reactive ketones (excluding diaryl/α,β-unsaturated/α-hetero) is 1. The second-order valence-electron chi connectivity index (χ2n) is 6.29. The van der Waals surface area contributed by atoms with E-state index in [9.17, 15) is 4.79 Å². The second kappa shape index (κ2) is 10.8. The number of aromatic nitrogens is 2. The number of carbonyl (C=O) groups excluding carboxylic acids is 1.